The predicted molar refractivity (Wildman–Crippen MR) is 76.9 cm³/mol. The number of halogens is 1. The Kier molecular flexibility index (Phi) is 4.97. The van der Waals surface area contributed by atoms with E-state index in [-0.39, 0.29) is 37.3 Å². The van der Waals surface area contributed by atoms with Gasteiger partial charge in [0.25, 0.3) is 11.8 Å². The smallest absolute Gasteiger partial charge is 0.260 e. The number of hydrogen-bond acceptors (Lipinski definition) is 4. The van der Waals surface area contributed by atoms with Crippen molar-refractivity contribution in [2.24, 2.45) is 0 Å². The van der Waals surface area contributed by atoms with Crippen LogP contribution in [-0.2, 0) is 14.3 Å². The van der Waals surface area contributed by atoms with Gasteiger partial charge < -0.3 is 19.7 Å². The zero-order valence-corrected chi connectivity index (χ0v) is 12.6. The van der Waals surface area contributed by atoms with Gasteiger partial charge in [-0.3, -0.25) is 9.59 Å². The molecule has 2 rings (SSSR count). The summed E-state index contributed by atoms with van der Waals surface area (Å²) in [5, 5.41) is 2.52. The molecule has 7 heteroatoms. The lowest BCUT2D eigenvalue weighted by Crippen LogP contribution is -2.59. The van der Waals surface area contributed by atoms with Gasteiger partial charge in [0.1, 0.15) is 11.6 Å². The van der Waals surface area contributed by atoms with Crippen molar-refractivity contribution in [3.8, 4) is 5.75 Å². The van der Waals surface area contributed by atoms with Crippen LogP contribution in [0.15, 0.2) is 24.3 Å². The second-order valence-electron chi connectivity index (χ2n) is 5.22. The Morgan fingerprint density at radius 2 is 2.27 bits per heavy atom. The number of nitrogens with one attached hydrogen (secondary N) is 1. The first-order valence-electron chi connectivity index (χ1n) is 6.97. The fourth-order valence-electron chi connectivity index (χ4n) is 2.28. The summed E-state index contributed by atoms with van der Waals surface area (Å²) in [4.78, 5) is 25.5. The first-order chi connectivity index (χ1) is 10.4. The number of carbonyl (C=O) groups is 2. The van der Waals surface area contributed by atoms with E-state index in [1.807, 2.05) is 0 Å². The largest absolute Gasteiger partial charge is 0.484 e. The zero-order valence-electron chi connectivity index (χ0n) is 12.6. The van der Waals surface area contributed by atoms with Gasteiger partial charge in [-0.25, -0.2) is 4.39 Å². The van der Waals surface area contributed by atoms with Gasteiger partial charge >= 0.3 is 0 Å². The van der Waals surface area contributed by atoms with Gasteiger partial charge in [0.2, 0.25) is 0 Å². The monoisotopic (exact) mass is 310 g/mol. The summed E-state index contributed by atoms with van der Waals surface area (Å²) in [6.45, 7) is 2.23. The highest BCUT2D eigenvalue weighted by Gasteiger charge is 2.40. The first-order valence-corrected chi connectivity index (χ1v) is 6.97. The summed E-state index contributed by atoms with van der Waals surface area (Å²) in [7, 11) is 1.52. The van der Waals surface area contributed by atoms with Crippen LogP contribution in [0.25, 0.3) is 0 Å². The van der Waals surface area contributed by atoms with E-state index in [9.17, 15) is 14.0 Å². The van der Waals surface area contributed by atoms with E-state index >= 15 is 0 Å². The molecule has 0 spiro atoms. The number of hydrogen-bond donors (Lipinski definition) is 1. The topological polar surface area (TPSA) is 67.9 Å². The fourth-order valence-corrected chi connectivity index (χ4v) is 2.28. The molecule has 1 atom stereocenters. The molecule has 1 heterocycles. The average Bonchev–Trinajstić information content (AvgIpc) is 2.52. The molecule has 1 aliphatic heterocycles. The van der Waals surface area contributed by atoms with Crippen LogP contribution in [0.3, 0.4) is 0 Å². The van der Waals surface area contributed by atoms with Crippen LogP contribution < -0.4 is 10.1 Å². The Morgan fingerprint density at radius 1 is 1.50 bits per heavy atom. The van der Waals surface area contributed by atoms with Crippen molar-refractivity contribution in [3.05, 3.63) is 30.1 Å². The SMILES string of the molecule is CNC(=O)[C@]1(C)CN(C(=O)COc2cccc(F)c2)CCO1. The minimum absolute atomic E-state index is 0.151. The van der Waals surface area contributed by atoms with Gasteiger partial charge in [-0.15, -0.1) is 0 Å². The molecule has 0 bridgehead atoms. The van der Waals surface area contributed by atoms with Crippen molar-refractivity contribution in [2.45, 2.75) is 12.5 Å². The number of likely N-dealkylation sites (N-methyl/N-ethyl adjacent to an activating group) is 1. The fraction of sp³-hybridized carbons (Fsp3) is 0.467. The first kappa shape index (κ1) is 16.2. The molecule has 0 aliphatic carbocycles. The summed E-state index contributed by atoms with van der Waals surface area (Å²) in [5.74, 6) is -0.696. The van der Waals surface area contributed by atoms with Crippen molar-refractivity contribution >= 4 is 11.8 Å². The lowest BCUT2D eigenvalue weighted by Gasteiger charge is -2.38. The Hall–Kier alpha value is -2.15. The Labute approximate surface area is 128 Å². The van der Waals surface area contributed by atoms with Crippen molar-refractivity contribution in [1.82, 2.24) is 10.2 Å². The molecule has 120 valence electrons. The second-order valence-corrected chi connectivity index (χ2v) is 5.22. The zero-order chi connectivity index (χ0) is 16.2. The highest BCUT2D eigenvalue weighted by molar-refractivity contribution is 5.86. The highest BCUT2D eigenvalue weighted by Crippen LogP contribution is 2.18. The molecular formula is C15H19FN2O4. The molecule has 0 aromatic heterocycles. The maximum Gasteiger partial charge on any atom is 0.260 e. The number of benzene rings is 1. The van der Waals surface area contributed by atoms with Gasteiger partial charge in [0, 0.05) is 19.7 Å². The molecule has 1 aromatic rings. The molecular weight excluding hydrogens is 291 g/mol. The number of carbonyl (C=O) groups excluding carboxylic acids is 2. The Bertz CT molecular complexity index is 566. The third-order valence-electron chi connectivity index (χ3n) is 3.49. The van der Waals surface area contributed by atoms with Crippen LogP contribution in [0, 0.1) is 5.82 Å². The van der Waals surface area contributed by atoms with Crippen molar-refractivity contribution in [1.29, 1.82) is 0 Å². The third kappa shape index (κ3) is 3.73. The van der Waals surface area contributed by atoms with Crippen molar-refractivity contribution in [2.75, 3.05) is 33.4 Å². The summed E-state index contributed by atoms with van der Waals surface area (Å²) in [5.41, 5.74) is -1.07. The predicted octanol–water partition coefficient (Wildman–Crippen LogP) is 0.568. The number of nitrogens with zero attached hydrogens (tertiary/aromatic N) is 1. The molecule has 1 fully saturated rings. The maximum atomic E-state index is 13.0. The number of rotatable bonds is 4. The quantitative estimate of drug-likeness (QED) is 0.883. The summed E-state index contributed by atoms with van der Waals surface area (Å²) in [6.07, 6.45) is 0. The lowest BCUT2D eigenvalue weighted by molar-refractivity contribution is -0.163. The maximum absolute atomic E-state index is 13.0. The van der Waals surface area contributed by atoms with Crippen LogP contribution in [0.5, 0.6) is 5.75 Å². The minimum atomic E-state index is -1.07. The van der Waals surface area contributed by atoms with Crippen LogP contribution in [0.2, 0.25) is 0 Å². The lowest BCUT2D eigenvalue weighted by atomic mass is 10.0. The molecule has 22 heavy (non-hydrogen) atoms. The van der Waals surface area contributed by atoms with E-state index in [0.29, 0.717) is 6.54 Å². The number of morpholine rings is 1. The van der Waals surface area contributed by atoms with E-state index in [1.54, 1.807) is 13.0 Å². The van der Waals surface area contributed by atoms with Crippen LogP contribution in [0.1, 0.15) is 6.92 Å². The Balaban J connectivity index is 1.93. The Morgan fingerprint density at radius 3 is 2.95 bits per heavy atom. The molecule has 1 N–H and O–H groups in total. The summed E-state index contributed by atoms with van der Waals surface area (Å²) in [6, 6.07) is 5.59. The number of ether oxygens (including phenoxy) is 2. The average molecular weight is 310 g/mol. The van der Waals surface area contributed by atoms with Crippen molar-refractivity contribution < 1.29 is 23.5 Å². The second kappa shape index (κ2) is 6.74. The molecule has 1 saturated heterocycles. The van der Waals surface area contributed by atoms with E-state index in [1.165, 1.54) is 30.1 Å². The van der Waals surface area contributed by atoms with Gasteiger partial charge in [-0.1, -0.05) is 6.07 Å². The number of amides is 2. The van der Waals surface area contributed by atoms with Crippen LogP contribution in [-0.4, -0.2) is 55.7 Å². The van der Waals surface area contributed by atoms with Crippen LogP contribution >= 0.6 is 0 Å². The molecule has 0 unspecified atom stereocenters. The molecule has 6 nitrogen and oxygen atoms in total. The molecule has 0 radical (unpaired) electrons. The van der Waals surface area contributed by atoms with E-state index in [0.717, 1.165) is 0 Å². The van der Waals surface area contributed by atoms with E-state index in [4.69, 9.17) is 9.47 Å². The van der Waals surface area contributed by atoms with E-state index < -0.39 is 11.4 Å². The summed E-state index contributed by atoms with van der Waals surface area (Å²) >= 11 is 0. The van der Waals surface area contributed by atoms with Gasteiger partial charge in [0.15, 0.2) is 12.2 Å². The van der Waals surface area contributed by atoms with Gasteiger partial charge in [-0.05, 0) is 19.1 Å². The molecule has 2 amide bonds. The molecule has 0 saturated carbocycles. The standard InChI is InChI=1S/C15H19FN2O4/c1-15(14(20)17-2)10-18(6-7-22-15)13(19)9-21-12-5-3-4-11(16)8-12/h3-5,8H,6-7,9-10H2,1-2H3,(H,17,20)/t15-/m0/s1. The third-order valence-corrected chi connectivity index (χ3v) is 3.49. The summed E-state index contributed by atoms with van der Waals surface area (Å²) < 4.78 is 23.8. The highest BCUT2D eigenvalue weighted by atomic mass is 19.1. The van der Waals surface area contributed by atoms with Crippen LogP contribution in [0.4, 0.5) is 4.39 Å². The van der Waals surface area contributed by atoms with Gasteiger partial charge in [-0.2, -0.15) is 0 Å². The molecule has 1 aromatic carbocycles. The molecule has 1 aliphatic rings. The van der Waals surface area contributed by atoms with Gasteiger partial charge in [0.05, 0.1) is 13.2 Å². The minimum Gasteiger partial charge on any atom is -0.484 e. The van der Waals surface area contributed by atoms with Crippen molar-refractivity contribution in [3.63, 3.8) is 0 Å². The normalized spacial score (nSPS) is 21.3. The van der Waals surface area contributed by atoms with E-state index in [2.05, 4.69) is 5.32 Å².